The highest BCUT2D eigenvalue weighted by atomic mass is 19.1. The van der Waals surface area contributed by atoms with Crippen molar-refractivity contribution in [2.24, 2.45) is 5.92 Å². The van der Waals surface area contributed by atoms with Gasteiger partial charge in [-0.1, -0.05) is 11.6 Å². The van der Waals surface area contributed by atoms with Gasteiger partial charge >= 0.3 is 0 Å². The van der Waals surface area contributed by atoms with E-state index in [-0.39, 0.29) is 18.6 Å². The van der Waals surface area contributed by atoms with Gasteiger partial charge in [0.25, 0.3) is 0 Å². The van der Waals surface area contributed by atoms with Crippen LogP contribution in [0, 0.1) is 5.92 Å². The maximum absolute atomic E-state index is 13.2. The molecule has 0 bridgehead atoms. The summed E-state index contributed by atoms with van der Waals surface area (Å²) in [5, 5.41) is 20.6. The van der Waals surface area contributed by atoms with Crippen LogP contribution in [0.15, 0.2) is 11.6 Å². The number of hydrogen-bond acceptors (Lipinski definition) is 3. The molecule has 0 saturated carbocycles. The van der Waals surface area contributed by atoms with Gasteiger partial charge in [0.2, 0.25) is 0 Å². The van der Waals surface area contributed by atoms with Gasteiger partial charge in [-0.15, -0.1) is 0 Å². The minimum atomic E-state index is -1.27. The lowest BCUT2D eigenvalue weighted by Gasteiger charge is -2.14. The van der Waals surface area contributed by atoms with Crippen LogP contribution in [0.1, 0.15) is 6.42 Å². The van der Waals surface area contributed by atoms with Crippen molar-refractivity contribution in [1.82, 2.24) is 5.32 Å². The van der Waals surface area contributed by atoms with Gasteiger partial charge in [0.15, 0.2) is 0 Å². The number of aliphatic hydroxyl groups is 2. The van der Waals surface area contributed by atoms with Crippen molar-refractivity contribution in [3.05, 3.63) is 11.6 Å². The van der Waals surface area contributed by atoms with Gasteiger partial charge in [0.05, 0.1) is 6.61 Å². The van der Waals surface area contributed by atoms with Gasteiger partial charge in [0.1, 0.15) is 12.4 Å². The third kappa shape index (κ3) is 1.16. The smallest absolute Gasteiger partial charge is 0.147 e. The zero-order chi connectivity index (χ0) is 8.72. The van der Waals surface area contributed by atoms with Gasteiger partial charge in [0, 0.05) is 12.0 Å². The summed E-state index contributed by atoms with van der Waals surface area (Å²) in [5.41, 5.74) is 1.02. The van der Waals surface area contributed by atoms with Crippen LogP contribution in [0.3, 0.4) is 0 Å². The molecule has 68 valence electrons. The largest absolute Gasteiger partial charge is 0.395 e. The van der Waals surface area contributed by atoms with Crippen molar-refractivity contribution in [1.29, 1.82) is 0 Å². The first kappa shape index (κ1) is 8.16. The van der Waals surface area contributed by atoms with Crippen LogP contribution < -0.4 is 5.32 Å². The highest BCUT2D eigenvalue weighted by molar-refractivity contribution is 5.29. The molecule has 0 aromatic heterocycles. The Bertz CT molecular complexity index is 219. The second-order valence-electron chi connectivity index (χ2n) is 3.35. The Balaban J connectivity index is 2.10. The second-order valence-corrected chi connectivity index (χ2v) is 3.35. The Hall–Kier alpha value is -0.450. The lowest BCUT2D eigenvalue weighted by atomic mass is 9.96. The van der Waals surface area contributed by atoms with Crippen LogP contribution in [0.5, 0.6) is 0 Å². The van der Waals surface area contributed by atoms with Crippen molar-refractivity contribution in [3.8, 4) is 0 Å². The first-order valence-corrected chi connectivity index (χ1v) is 4.12. The molecule has 1 unspecified atom stereocenters. The first-order chi connectivity index (χ1) is 5.74. The molecule has 12 heavy (non-hydrogen) atoms. The number of nitrogens with one attached hydrogen (secondary N) is 1. The van der Waals surface area contributed by atoms with E-state index in [1.165, 1.54) is 0 Å². The molecular weight excluding hydrogens is 161 g/mol. The van der Waals surface area contributed by atoms with E-state index in [1.54, 1.807) is 0 Å². The number of alkyl halides is 1. The maximum Gasteiger partial charge on any atom is 0.147 e. The van der Waals surface area contributed by atoms with E-state index in [4.69, 9.17) is 10.2 Å². The van der Waals surface area contributed by atoms with E-state index in [0.717, 1.165) is 12.0 Å². The Morgan fingerprint density at radius 2 is 2.33 bits per heavy atom. The van der Waals surface area contributed by atoms with E-state index >= 15 is 0 Å². The van der Waals surface area contributed by atoms with Crippen molar-refractivity contribution < 1.29 is 14.6 Å². The van der Waals surface area contributed by atoms with Gasteiger partial charge < -0.3 is 10.2 Å². The van der Waals surface area contributed by atoms with Crippen LogP contribution in [0.25, 0.3) is 0 Å². The summed E-state index contributed by atoms with van der Waals surface area (Å²) in [4.78, 5) is 0. The van der Waals surface area contributed by atoms with E-state index in [0.29, 0.717) is 0 Å². The van der Waals surface area contributed by atoms with Crippen LogP contribution in [-0.4, -0.2) is 35.3 Å². The third-order valence-electron chi connectivity index (χ3n) is 2.53. The van der Waals surface area contributed by atoms with E-state index in [2.05, 4.69) is 5.32 Å². The minimum Gasteiger partial charge on any atom is -0.395 e. The number of hydrogen-bond donors (Lipinski definition) is 3. The van der Waals surface area contributed by atoms with Crippen molar-refractivity contribution in [3.63, 3.8) is 0 Å². The molecule has 0 aromatic carbocycles. The lowest BCUT2D eigenvalue weighted by molar-refractivity contribution is 0.0759. The fourth-order valence-corrected chi connectivity index (χ4v) is 1.79. The molecule has 2 rings (SSSR count). The highest BCUT2D eigenvalue weighted by Gasteiger charge is 2.45. The topological polar surface area (TPSA) is 52.5 Å². The quantitative estimate of drug-likeness (QED) is 0.496. The molecule has 3 nitrogen and oxygen atoms in total. The lowest BCUT2D eigenvalue weighted by Crippen LogP contribution is -2.34. The van der Waals surface area contributed by atoms with Crippen molar-refractivity contribution in [2.75, 3.05) is 6.61 Å². The summed E-state index contributed by atoms with van der Waals surface area (Å²) in [5.74, 6) is -0.315. The maximum atomic E-state index is 13.2. The minimum absolute atomic E-state index is 0.126. The fourth-order valence-electron chi connectivity index (χ4n) is 1.79. The SMILES string of the molecule is OC[C@H]1NC(O)[C@@H](F)[C@H]1C1=CC1. The molecule has 1 aliphatic heterocycles. The molecule has 0 radical (unpaired) electrons. The molecule has 2 aliphatic rings. The number of rotatable bonds is 2. The van der Waals surface area contributed by atoms with Gasteiger partial charge in [-0.25, -0.2) is 4.39 Å². The third-order valence-corrected chi connectivity index (χ3v) is 2.53. The number of allylic oxidation sites excluding steroid dienone is 1. The zero-order valence-electron chi connectivity index (χ0n) is 6.57. The number of halogens is 1. The molecule has 1 saturated heterocycles. The van der Waals surface area contributed by atoms with Crippen molar-refractivity contribution in [2.45, 2.75) is 24.9 Å². The molecular formula is C8H12FNO2. The van der Waals surface area contributed by atoms with Crippen LogP contribution >= 0.6 is 0 Å². The summed E-state index contributed by atoms with van der Waals surface area (Å²) in [7, 11) is 0. The van der Waals surface area contributed by atoms with E-state index < -0.39 is 12.4 Å². The predicted octanol–water partition coefficient (Wildman–Crippen LogP) is -0.447. The fraction of sp³-hybridized carbons (Fsp3) is 0.750. The summed E-state index contributed by atoms with van der Waals surface area (Å²) < 4.78 is 13.2. The second kappa shape index (κ2) is 2.80. The van der Waals surface area contributed by atoms with Gasteiger partial charge in [-0.3, -0.25) is 5.32 Å². The molecule has 1 aliphatic carbocycles. The van der Waals surface area contributed by atoms with Crippen LogP contribution in [0.2, 0.25) is 0 Å². The average Bonchev–Trinajstić information content (AvgIpc) is 2.82. The molecule has 1 fully saturated rings. The average molecular weight is 173 g/mol. The van der Waals surface area contributed by atoms with E-state index in [9.17, 15) is 4.39 Å². The molecule has 3 N–H and O–H groups in total. The van der Waals surface area contributed by atoms with Gasteiger partial charge in [-0.05, 0) is 6.42 Å². The molecule has 4 atom stereocenters. The number of aliphatic hydroxyl groups excluding tert-OH is 2. The van der Waals surface area contributed by atoms with Crippen molar-refractivity contribution >= 4 is 0 Å². The summed E-state index contributed by atoms with van der Waals surface area (Å²) in [6.07, 6.45) is 0.375. The molecule has 0 spiro atoms. The molecule has 0 aromatic rings. The highest BCUT2D eigenvalue weighted by Crippen LogP contribution is 2.38. The molecule has 0 amide bonds. The summed E-state index contributed by atoms with van der Waals surface area (Å²) in [6.45, 7) is -0.126. The van der Waals surface area contributed by atoms with E-state index in [1.807, 2.05) is 6.08 Å². The first-order valence-electron chi connectivity index (χ1n) is 4.12. The zero-order valence-corrected chi connectivity index (χ0v) is 6.57. The standard InChI is InChI=1S/C8H12FNO2/c9-7-6(4-1-2-4)5(3-11)10-8(7)12/h1,5-8,10-12H,2-3H2/t5-,6+,7+,8?/m1/s1. The summed E-state index contributed by atoms with van der Waals surface area (Å²) >= 11 is 0. The Kier molecular flexibility index (Phi) is 1.90. The Morgan fingerprint density at radius 1 is 1.67 bits per heavy atom. The summed E-state index contributed by atoms with van der Waals surface area (Å²) in [6, 6.07) is -0.316. The monoisotopic (exact) mass is 173 g/mol. The normalized spacial score (nSPS) is 46.1. The molecule has 1 heterocycles. The Labute approximate surface area is 69.9 Å². The predicted molar refractivity (Wildman–Crippen MR) is 41.1 cm³/mol. The van der Waals surface area contributed by atoms with Crippen LogP contribution in [-0.2, 0) is 0 Å². The Morgan fingerprint density at radius 3 is 2.83 bits per heavy atom. The van der Waals surface area contributed by atoms with Crippen LogP contribution in [0.4, 0.5) is 4.39 Å². The molecule has 4 heteroatoms. The van der Waals surface area contributed by atoms with Gasteiger partial charge in [-0.2, -0.15) is 0 Å².